The van der Waals surface area contributed by atoms with Crippen molar-refractivity contribution in [3.63, 3.8) is 0 Å². The third-order valence-corrected chi connectivity index (χ3v) is 2.25. The van der Waals surface area contributed by atoms with Crippen molar-refractivity contribution in [2.75, 3.05) is 17.7 Å². The van der Waals surface area contributed by atoms with E-state index in [9.17, 15) is 5.11 Å². The monoisotopic (exact) mass is 238 g/mol. The van der Waals surface area contributed by atoms with Crippen molar-refractivity contribution in [1.29, 1.82) is 0 Å². The molecule has 0 bridgehead atoms. The van der Waals surface area contributed by atoms with Crippen LogP contribution in [-0.4, -0.2) is 23.4 Å². The van der Waals surface area contributed by atoms with Crippen LogP contribution < -0.4 is 15.8 Å². The molecule has 0 unspecified atom stereocenters. The molecule has 4 N–H and O–H groups in total. The number of ether oxygens (including phenoxy) is 1. The zero-order chi connectivity index (χ0) is 13.1. The normalized spacial score (nSPS) is 11.6. The van der Waals surface area contributed by atoms with Crippen LogP contribution in [0, 0.1) is 0 Å². The maximum Gasteiger partial charge on any atom is 0.144 e. The molecule has 1 aromatic carbocycles. The number of nitrogens with two attached hydrogens (primary N) is 1. The molecule has 0 saturated carbocycles. The first-order chi connectivity index (χ1) is 7.84. The SMILES string of the molecule is CC(C)Oc1cc(NC(C)(C)CO)ccc1N. The maximum absolute atomic E-state index is 9.21. The second kappa shape index (κ2) is 5.27. The standard InChI is InChI=1S/C13H22N2O2/c1-9(2)17-12-7-10(5-6-11(12)14)15-13(3,4)8-16/h5-7,9,15-16H,8,14H2,1-4H3. The lowest BCUT2D eigenvalue weighted by Crippen LogP contribution is -2.34. The van der Waals surface area contributed by atoms with Gasteiger partial charge in [-0.3, -0.25) is 0 Å². The average Bonchev–Trinajstić information content (AvgIpc) is 2.22. The van der Waals surface area contributed by atoms with E-state index >= 15 is 0 Å². The molecular weight excluding hydrogens is 216 g/mol. The number of aliphatic hydroxyl groups excluding tert-OH is 1. The Morgan fingerprint density at radius 3 is 2.59 bits per heavy atom. The Hall–Kier alpha value is -1.42. The summed E-state index contributed by atoms with van der Waals surface area (Å²) >= 11 is 0. The van der Waals surface area contributed by atoms with Gasteiger partial charge in [0.05, 0.1) is 23.9 Å². The van der Waals surface area contributed by atoms with E-state index in [-0.39, 0.29) is 18.2 Å². The van der Waals surface area contributed by atoms with E-state index in [0.717, 1.165) is 5.69 Å². The number of rotatable bonds is 5. The molecule has 0 aromatic heterocycles. The van der Waals surface area contributed by atoms with Crippen molar-refractivity contribution >= 4 is 11.4 Å². The highest BCUT2D eigenvalue weighted by Gasteiger charge is 2.16. The van der Waals surface area contributed by atoms with Gasteiger partial charge >= 0.3 is 0 Å². The second-order valence-electron chi connectivity index (χ2n) is 5.09. The van der Waals surface area contributed by atoms with E-state index in [0.29, 0.717) is 11.4 Å². The summed E-state index contributed by atoms with van der Waals surface area (Å²) in [6, 6.07) is 5.53. The number of benzene rings is 1. The van der Waals surface area contributed by atoms with Gasteiger partial charge in [0.2, 0.25) is 0 Å². The van der Waals surface area contributed by atoms with Crippen LogP contribution in [0.4, 0.5) is 11.4 Å². The van der Waals surface area contributed by atoms with Gasteiger partial charge in [-0.2, -0.15) is 0 Å². The quantitative estimate of drug-likeness (QED) is 0.688. The smallest absolute Gasteiger partial charge is 0.144 e. The highest BCUT2D eigenvalue weighted by molar-refractivity contribution is 5.62. The van der Waals surface area contributed by atoms with Gasteiger partial charge in [-0.05, 0) is 39.8 Å². The molecule has 0 heterocycles. The molecule has 0 saturated heterocycles. The van der Waals surface area contributed by atoms with Gasteiger partial charge in [-0.25, -0.2) is 0 Å². The predicted molar refractivity (Wildman–Crippen MR) is 71.4 cm³/mol. The predicted octanol–water partition coefficient (Wildman–Crippen LogP) is 2.24. The van der Waals surface area contributed by atoms with Crippen LogP contribution in [0.15, 0.2) is 18.2 Å². The lowest BCUT2D eigenvalue weighted by molar-refractivity contribution is 0.233. The molecule has 1 rings (SSSR count). The number of nitrogens with one attached hydrogen (secondary N) is 1. The van der Waals surface area contributed by atoms with Crippen molar-refractivity contribution in [3.05, 3.63) is 18.2 Å². The Bertz CT molecular complexity index is 376. The van der Waals surface area contributed by atoms with E-state index in [1.807, 2.05) is 39.8 Å². The first-order valence-electron chi connectivity index (χ1n) is 5.79. The first-order valence-corrected chi connectivity index (χ1v) is 5.79. The Morgan fingerprint density at radius 2 is 2.06 bits per heavy atom. The molecule has 0 amide bonds. The van der Waals surface area contributed by atoms with Crippen molar-refractivity contribution < 1.29 is 9.84 Å². The number of nitrogen functional groups attached to an aromatic ring is 1. The maximum atomic E-state index is 9.21. The summed E-state index contributed by atoms with van der Waals surface area (Å²) in [7, 11) is 0. The zero-order valence-electron chi connectivity index (χ0n) is 10.9. The van der Waals surface area contributed by atoms with Crippen LogP contribution in [0.3, 0.4) is 0 Å². The van der Waals surface area contributed by atoms with E-state index in [2.05, 4.69) is 5.32 Å². The summed E-state index contributed by atoms with van der Waals surface area (Å²) in [5.41, 5.74) is 6.96. The fraction of sp³-hybridized carbons (Fsp3) is 0.538. The van der Waals surface area contributed by atoms with Gasteiger partial charge < -0.3 is 20.9 Å². The fourth-order valence-corrected chi connectivity index (χ4v) is 1.40. The molecule has 0 fully saturated rings. The Labute approximate surface area is 103 Å². The van der Waals surface area contributed by atoms with Gasteiger partial charge in [-0.15, -0.1) is 0 Å². The van der Waals surface area contributed by atoms with Crippen molar-refractivity contribution in [2.24, 2.45) is 0 Å². The summed E-state index contributed by atoms with van der Waals surface area (Å²) in [4.78, 5) is 0. The zero-order valence-corrected chi connectivity index (χ0v) is 10.9. The number of hydrogen-bond donors (Lipinski definition) is 3. The molecule has 96 valence electrons. The molecule has 4 heteroatoms. The highest BCUT2D eigenvalue weighted by Crippen LogP contribution is 2.27. The number of hydrogen-bond acceptors (Lipinski definition) is 4. The van der Waals surface area contributed by atoms with Gasteiger partial charge in [0.1, 0.15) is 5.75 Å². The molecule has 17 heavy (non-hydrogen) atoms. The number of aliphatic hydroxyl groups is 1. The second-order valence-corrected chi connectivity index (χ2v) is 5.09. The van der Waals surface area contributed by atoms with Gasteiger partial charge in [0, 0.05) is 11.8 Å². The summed E-state index contributed by atoms with van der Waals surface area (Å²) < 4.78 is 5.61. The van der Waals surface area contributed by atoms with Gasteiger partial charge in [0.25, 0.3) is 0 Å². The van der Waals surface area contributed by atoms with E-state index < -0.39 is 0 Å². The number of anilines is 2. The van der Waals surface area contributed by atoms with Crippen LogP contribution in [-0.2, 0) is 0 Å². The van der Waals surface area contributed by atoms with E-state index in [1.54, 1.807) is 6.07 Å². The summed E-state index contributed by atoms with van der Waals surface area (Å²) in [5.74, 6) is 0.665. The van der Waals surface area contributed by atoms with Crippen molar-refractivity contribution in [3.8, 4) is 5.75 Å². The minimum atomic E-state index is -0.370. The van der Waals surface area contributed by atoms with Crippen LogP contribution in [0.5, 0.6) is 5.75 Å². The lowest BCUT2D eigenvalue weighted by Gasteiger charge is -2.25. The van der Waals surface area contributed by atoms with Crippen LogP contribution in [0.25, 0.3) is 0 Å². The fourth-order valence-electron chi connectivity index (χ4n) is 1.40. The molecule has 4 nitrogen and oxygen atoms in total. The van der Waals surface area contributed by atoms with Gasteiger partial charge in [-0.1, -0.05) is 0 Å². The molecule has 1 aromatic rings. The third kappa shape index (κ3) is 4.15. The Balaban J connectivity index is 2.88. The molecular formula is C13H22N2O2. The highest BCUT2D eigenvalue weighted by atomic mass is 16.5. The topological polar surface area (TPSA) is 67.5 Å². The van der Waals surface area contributed by atoms with Crippen molar-refractivity contribution in [1.82, 2.24) is 0 Å². The van der Waals surface area contributed by atoms with Gasteiger partial charge in [0.15, 0.2) is 0 Å². The third-order valence-electron chi connectivity index (χ3n) is 2.25. The van der Waals surface area contributed by atoms with Crippen LogP contribution >= 0.6 is 0 Å². The summed E-state index contributed by atoms with van der Waals surface area (Å²) in [6.07, 6.45) is 0.0819. The van der Waals surface area contributed by atoms with Crippen LogP contribution in [0.2, 0.25) is 0 Å². The average molecular weight is 238 g/mol. The Morgan fingerprint density at radius 1 is 1.41 bits per heavy atom. The molecule has 0 radical (unpaired) electrons. The molecule has 0 aliphatic carbocycles. The van der Waals surface area contributed by atoms with Crippen molar-refractivity contribution in [2.45, 2.75) is 39.3 Å². The molecule has 0 aliphatic rings. The first kappa shape index (κ1) is 13.6. The summed E-state index contributed by atoms with van der Waals surface area (Å²) in [5, 5.41) is 12.4. The molecule has 0 atom stereocenters. The lowest BCUT2D eigenvalue weighted by atomic mass is 10.1. The summed E-state index contributed by atoms with van der Waals surface area (Å²) in [6.45, 7) is 7.81. The minimum absolute atomic E-state index is 0.0533. The van der Waals surface area contributed by atoms with E-state index in [1.165, 1.54) is 0 Å². The van der Waals surface area contributed by atoms with E-state index in [4.69, 9.17) is 10.5 Å². The molecule has 0 aliphatic heterocycles. The largest absolute Gasteiger partial charge is 0.489 e. The van der Waals surface area contributed by atoms with Crippen LogP contribution in [0.1, 0.15) is 27.7 Å². The Kier molecular flexibility index (Phi) is 4.23. The minimum Gasteiger partial charge on any atom is -0.489 e. The molecule has 0 spiro atoms.